The van der Waals surface area contributed by atoms with Crippen LogP contribution in [0.5, 0.6) is 0 Å². The molecule has 1 fully saturated rings. The topological polar surface area (TPSA) is 106 Å². The molecule has 0 saturated carbocycles. The second-order valence-corrected chi connectivity index (χ2v) is 5.06. The summed E-state index contributed by atoms with van der Waals surface area (Å²) in [6.07, 6.45) is -0.0265. The molecule has 1 aromatic carbocycles. The third-order valence-electron chi connectivity index (χ3n) is 2.46. The minimum absolute atomic E-state index is 0.0265. The first kappa shape index (κ1) is 12.4. The zero-order valence-corrected chi connectivity index (χ0v) is 10.1. The van der Waals surface area contributed by atoms with Gasteiger partial charge in [-0.05, 0) is 18.2 Å². The van der Waals surface area contributed by atoms with Crippen molar-refractivity contribution in [1.29, 1.82) is 0 Å². The Bertz CT molecular complexity index is 532. The van der Waals surface area contributed by atoms with Crippen LogP contribution in [0, 0.1) is 0 Å². The smallest absolute Gasteiger partial charge is 0.328 e. The molecule has 1 aliphatic heterocycles. The SMILES string of the molecule is NC(=O)N1C(=O)CC(Sc2cccc(N)c2)C1=O. The van der Waals surface area contributed by atoms with Gasteiger partial charge in [-0.15, -0.1) is 11.8 Å². The van der Waals surface area contributed by atoms with Crippen LogP contribution in [0.3, 0.4) is 0 Å². The zero-order valence-electron chi connectivity index (χ0n) is 9.33. The fourth-order valence-electron chi connectivity index (χ4n) is 1.68. The number of carbonyl (C=O) groups excluding carboxylic acids is 3. The van der Waals surface area contributed by atoms with E-state index >= 15 is 0 Å². The van der Waals surface area contributed by atoms with Gasteiger partial charge >= 0.3 is 6.03 Å². The lowest BCUT2D eigenvalue weighted by Gasteiger charge is -2.09. The van der Waals surface area contributed by atoms with Crippen LogP contribution in [0.25, 0.3) is 0 Å². The standard InChI is InChI=1S/C11H11N3O3S/c12-6-2-1-3-7(4-6)18-8-5-9(15)14(10(8)16)11(13)17/h1-4,8H,5,12H2,(H2,13,17). The molecule has 6 nitrogen and oxygen atoms in total. The highest BCUT2D eigenvalue weighted by molar-refractivity contribution is 8.00. The minimum atomic E-state index is -1.03. The Hall–Kier alpha value is -2.02. The highest BCUT2D eigenvalue weighted by Crippen LogP contribution is 2.32. The number of likely N-dealkylation sites (tertiary alicyclic amines) is 1. The Morgan fingerprint density at radius 1 is 1.39 bits per heavy atom. The molecule has 1 aromatic rings. The molecule has 7 heteroatoms. The van der Waals surface area contributed by atoms with Crippen molar-refractivity contribution in [3.05, 3.63) is 24.3 Å². The van der Waals surface area contributed by atoms with Crippen molar-refractivity contribution in [3.8, 4) is 0 Å². The molecular formula is C11H11N3O3S. The van der Waals surface area contributed by atoms with E-state index in [-0.39, 0.29) is 6.42 Å². The molecule has 18 heavy (non-hydrogen) atoms. The molecule has 0 aliphatic carbocycles. The number of amides is 4. The number of carbonyl (C=O) groups is 3. The summed E-state index contributed by atoms with van der Waals surface area (Å²) in [4.78, 5) is 35.5. The van der Waals surface area contributed by atoms with Gasteiger partial charge in [0.2, 0.25) is 5.91 Å². The number of rotatable bonds is 2. The second-order valence-electron chi connectivity index (χ2n) is 3.79. The van der Waals surface area contributed by atoms with Gasteiger partial charge in [0.1, 0.15) is 0 Å². The number of nitrogens with two attached hydrogens (primary N) is 2. The van der Waals surface area contributed by atoms with Gasteiger partial charge in [-0.25, -0.2) is 4.79 Å². The fraction of sp³-hybridized carbons (Fsp3) is 0.182. The third kappa shape index (κ3) is 2.30. The summed E-state index contributed by atoms with van der Waals surface area (Å²) in [5, 5.41) is -0.619. The Morgan fingerprint density at radius 3 is 2.67 bits per heavy atom. The molecule has 1 atom stereocenters. The minimum Gasteiger partial charge on any atom is -0.399 e. The van der Waals surface area contributed by atoms with E-state index in [2.05, 4.69) is 0 Å². The van der Waals surface area contributed by atoms with Crippen molar-refractivity contribution >= 4 is 35.3 Å². The Morgan fingerprint density at radius 2 is 2.11 bits per heavy atom. The van der Waals surface area contributed by atoms with Crippen molar-refractivity contribution in [1.82, 2.24) is 4.90 Å². The average molecular weight is 265 g/mol. The van der Waals surface area contributed by atoms with Crippen molar-refractivity contribution in [3.63, 3.8) is 0 Å². The van der Waals surface area contributed by atoms with E-state index in [9.17, 15) is 14.4 Å². The molecular weight excluding hydrogens is 254 g/mol. The molecule has 1 heterocycles. The van der Waals surface area contributed by atoms with E-state index in [1.807, 2.05) is 0 Å². The Labute approximate surface area is 107 Å². The molecule has 0 bridgehead atoms. The number of anilines is 1. The summed E-state index contributed by atoms with van der Waals surface area (Å²) in [7, 11) is 0. The lowest BCUT2D eigenvalue weighted by molar-refractivity contribution is -0.134. The number of hydrogen-bond acceptors (Lipinski definition) is 5. The molecule has 94 valence electrons. The summed E-state index contributed by atoms with van der Waals surface area (Å²) < 4.78 is 0. The van der Waals surface area contributed by atoms with Crippen LogP contribution in [0.15, 0.2) is 29.2 Å². The normalized spacial score (nSPS) is 19.3. The molecule has 4 N–H and O–H groups in total. The zero-order chi connectivity index (χ0) is 13.3. The van der Waals surface area contributed by atoms with Crippen LogP contribution in [0.1, 0.15) is 6.42 Å². The van der Waals surface area contributed by atoms with Crippen LogP contribution in [-0.2, 0) is 9.59 Å². The third-order valence-corrected chi connectivity index (χ3v) is 3.64. The van der Waals surface area contributed by atoms with E-state index in [0.717, 1.165) is 4.90 Å². The fourth-order valence-corrected chi connectivity index (χ4v) is 2.80. The number of primary amides is 1. The second kappa shape index (κ2) is 4.69. The highest BCUT2D eigenvalue weighted by Gasteiger charge is 2.42. The molecule has 0 spiro atoms. The molecule has 1 saturated heterocycles. The predicted molar refractivity (Wildman–Crippen MR) is 66.6 cm³/mol. The van der Waals surface area contributed by atoms with Gasteiger partial charge in [0, 0.05) is 17.0 Å². The molecule has 0 aromatic heterocycles. The van der Waals surface area contributed by atoms with Crippen LogP contribution in [0.4, 0.5) is 10.5 Å². The van der Waals surface area contributed by atoms with Crippen molar-refractivity contribution < 1.29 is 14.4 Å². The highest BCUT2D eigenvalue weighted by atomic mass is 32.2. The van der Waals surface area contributed by atoms with E-state index in [0.29, 0.717) is 10.6 Å². The van der Waals surface area contributed by atoms with Crippen molar-refractivity contribution in [2.75, 3.05) is 5.73 Å². The van der Waals surface area contributed by atoms with Crippen LogP contribution >= 0.6 is 11.8 Å². The quantitative estimate of drug-likeness (QED) is 0.600. The van der Waals surface area contributed by atoms with Gasteiger partial charge in [0.25, 0.3) is 5.91 Å². The monoisotopic (exact) mass is 265 g/mol. The summed E-state index contributed by atoms with van der Waals surface area (Å²) >= 11 is 1.20. The van der Waals surface area contributed by atoms with Gasteiger partial charge in [-0.3, -0.25) is 9.59 Å². The lowest BCUT2D eigenvalue weighted by Crippen LogP contribution is -2.40. The maximum atomic E-state index is 11.8. The van der Waals surface area contributed by atoms with Crippen LogP contribution < -0.4 is 11.5 Å². The first-order valence-corrected chi connectivity index (χ1v) is 6.05. The number of thioether (sulfide) groups is 1. The van der Waals surface area contributed by atoms with E-state index in [1.165, 1.54) is 11.8 Å². The Balaban J connectivity index is 2.15. The summed E-state index contributed by atoms with van der Waals surface area (Å²) in [5.74, 6) is -1.13. The summed E-state index contributed by atoms with van der Waals surface area (Å²) in [6.45, 7) is 0. The van der Waals surface area contributed by atoms with Crippen LogP contribution in [0.2, 0.25) is 0 Å². The van der Waals surface area contributed by atoms with Gasteiger partial charge < -0.3 is 11.5 Å². The van der Waals surface area contributed by atoms with Gasteiger partial charge in [0.05, 0.1) is 5.25 Å². The molecule has 1 aliphatic rings. The van der Waals surface area contributed by atoms with E-state index in [4.69, 9.17) is 11.5 Å². The Kier molecular flexibility index (Phi) is 3.24. The lowest BCUT2D eigenvalue weighted by atomic mass is 10.3. The molecule has 4 amide bonds. The van der Waals surface area contributed by atoms with Crippen LogP contribution in [-0.4, -0.2) is 28.0 Å². The number of nitrogens with zero attached hydrogens (tertiary/aromatic N) is 1. The molecule has 0 radical (unpaired) electrons. The number of urea groups is 1. The maximum Gasteiger partial charge on any atom is 0.328 e. The number of imide groups is 3. The molecule has 1 unspecified atom stereocenters. The molecule has 2 rings (SSSR count). The van der Waals surface area contributed by atoms with Crippen molar-refractivity contribution in [2.45, 2.75) is 16.6 Å². The summed E-state index contributed by atoms with van der Waals surface area (Å²) in [6, 6.07) is 5.94. The van der Waals surface area contributed by atoms with Gasteiger partial charge in [-0.2, -0.15) is 4.90 Å². The average Bonchev–Trinajstić information content (AvgIpc) is 2.54. The van der Waals surface area contributed by atoms with Gasteiger partial charge in [0.15, 0.2) is 0 Å². The number of hydrogen-bond donors (Lipinski definition) is 2. The van der Waals surface area contributed by atoms with Gasteiger partial charge in [-0.1, -0.05) is 6.07 Å². The maximum absolute atomic E-state index is 11.8. The predicted octanol–water partition coefficient (Wildman–Crippen LogP) is 0.567. The first-order valence-electron chi connectivity index (χ1n) is 5.17. The number of nitrogen functional groups attached to an aromatic ring is 1. The number of benzene rings is 1. The van der Waals surface area contributed by atoms with E-state index < -0.39 is 23.1 Å². The largest absolute Gasteiger partial charge is 0.399 e. The van der Waals surface area contributed by atoms with Crippen molar-refractivity contribution in [2.24, 2.45) is 5.73 Å². The first-order chi connectivity index (χ1) is 8.49. The summed E-state index contributed by atoms with van der Waals surface area (Å²) in [5.41, 5.74) is 11.2. The van der Waals surface area contributed by atoms with E-state index in [1.54, 1.807) is 24.3 Å².